The van der Waals surface area contributed by atoms with E-state index in [1.165, 1.54) is 0 Å². The monoisotopic (exact) mass is 762 g/mol. The Morgan fingerprint density at radius 2 is 0.630 bits per heavy atom. The SMILES string of the molecule is O=c1c2ccccc2[nH]c2ccc(Cl)c(-c3nc(-c4c(Cl)ccc5[nH]c6ccccc6c(=O)c45)nc(-c4c(Cl)ccc5[nH]c6ccccc6c(=O)c45)n3)c12. The summed E-state index contributed by atoms with van der Waals surface area (Å²) in [5.41, 5.74) is 3.20. The smallest absolute Gasteiger partial charge is 0.198 e. The number of aromatic amines is 3. The standard InChI is InChI=1S/C42H21Cl3N6O3/c43-22-13-16-28-34(37(52)19-7-1-4-10-25(19)46-28)31(22)40-49-41(32-23(44)14-17-29-35(32)38(53)20-8-2-5-11-26(20)47-29)51-42(50-40)33-24(45)15-18-30-36(33)39(54)21-9-3-6-12-27(21)48-30/h1-18H,(H,46,52)(H,47,53)(H,48,54). The van der Waals surface area contributed by atoms with Crippen LogP contribution in [0, 0.1) is 0 Å². The maximum absolute atomic E-state index is 14.3. The van der Waals surface area contributed by atoms with Crippen LogP contribution in [0.5, 0.6) is 0 Å². The first kappa shape index (κ1) is 32.3. The average molecular weight is 764 g/mol. The summed E-state index contributed by atoms with van der Waals surface area (Å²) in [6.07, 6.45) is 0. The van der Waals surface area contributed by atoms with Crippen molar-refractivity contribution in [2.45, 2.75) is 0 Å². The summed E-state index contributed by atoms with van der Waals surface area (Å²) in [4.78, 5) is 67.5. The van der Waals surface area contributed by atoms with Crippen molar-refractivity contribution in [3.05, 3.63) is 155 Å². The number of nitrogens with zero attached hydrogens (tertiary/aromatic N) is 3. The van der Waals surface area contributed by atoms with Crippen molar-refractivity contribution < 1.29 is 0 Å². The van der Waals surface area contributed by atoms with Crippen molar-refractivity contribution in [1.82, 2.24) is 29.9 Å². The van der Waals surface area contributed by atoms with Crippen LogP contribution in [-0.2, 0) is 0 Å². The molecule has 0 saturated carbocycles. The van der Waals surface area contributed by atoms with E-state index < -0.39 is 0 Å². The number of rotatable bonds is 3. The molecule has 10 aromatic rings. The van der Waals surface area contributed by atoms with Crippen LogP contribution in [0.3, 0.4) is 0 Å². The van der Waals surface area contributed by atoms with E-state index in [-0.39, 0.29) is 81.7 Å². The van der Waals surface area contributed by atoms with Crippen molar-refractivity contribution in [2.75, 3.05) is 0 Å². The molecule has 54 heavy (non-hydrogen) atoms. The van der Waals surface area contributed by atoms with E-state index in [9.17, 15) is 14.4 Å². The number of pyridine rings is 3. The van der Waals surface area contributed by atoms with Crippen molar-refractivity contribution in [3.63, 3.8) is 0 Å². The molecule has 258 valence electrons. The Labute approximate surface area is 317 Å². The molecule has 9 nitrogen and oxygen atoms in total. The number of halogens is 3. The zero-order valence-corrected chi connectivity index (χ0v) is 29.9. The lowest BCUT2D eigenvalue weighted by Crippen LogP contribution is -2.11. The molecule has 0 atom stereocenters. The number of para-hydroxylation sites is 3. The molecule has 12 heteroatoms. The van der Waals surface area contributed by atoms with Gasteiger partial charge < -0.3 is 15.0 Å². The van der Waals surface area contributed by atoms with E-state index >= 15 is 0 Å². The highest BCUT2D eigenvalue weighted by molar-refractivity contribution is 6.36. The predicted octanol–water partition coefficient (Wildman–Crippen LogP) is 9.82. The topological polar surface area (TPSA) is 137 Å². The van der Waals surface area contributed by atoms with Gasteiger partial charge >= 0.3 is 0 Å². The number of H-pyrrole nitrogens is 3. The maximum atomic E-state index is 14.3. The lowest BCUT2D eigenvalue weighted by Gasteiger charge is -2.15. The number of benzene rings is 6. The second-order valence-corrected chi connectivity index (χ2v) is 14.1. The minimum atomic E-state index is -0.294. The second kappa shape index (κ2) is 12.1. The summed E-state index contributed by atoms with van der Waals surface area (Å²) in [7, 11) is 0. The molecule has 0 fully saturated rings. The molecule has 0 unspecified atom stereocenters. The van der Waals surface area contributed by atoms with Crippen molar-refractivity contribution >= 4 is 100 Å². The van der Waals surface area contributed by atoms with Gasteiger partial charge in [-0.25, -0.2) is 15.0 Å². The van der Waals surface area contributed by atoms with E-state index in [4.69, 9.17) is 49.8 Å². The summed E-state index contributed by atoms with van der Waals surface area (Å²) < 4.78 is 0. The van der Waals surface area contributed by atoms with Gasteiger partial charge in [0.2, 0.25) is 0 Å². The fraction of sp³-hybridized carbons (Fsp3) is 0. The van der Waals surface area contributed by atoms with Crippen LogP contribution in [-0.4, -0.2) is 29.9 Å². The lowest BCUT2D eigenvalue weighted by atomic mass is 10.0. The molecule has 0 aliphatic carbocycles. The zero-order chi connectivity index (χ0) is 36.8. The highest BCUT2D eigenvalue weighted by Crippen LogP contribution is 2.39. The molecule has 3 N–H and O–H groups in total. The molecule has 0 spiro atoms. The summed E-state index contributed by atoms with van der Waals surface area (Å²) >= 11 is 20.9. The van der Waals surface area contributed by atoms with Gasteiger partial charge in [0.25, 0.3) is 0 Å². The molecule has 10 rings (SSSR count). The van der Waals surface area contributed by atoms with Gasteiger partial charge in [0.05, 0.1) is 64.5 Å². The fourth-order valence-electron chi connectivity index (χ4n) is 7.33. The van der Waals surface area contributed by atoms with Crippen LogP contribution in [0.25, 0.3) is 99.6 Å². The van der Waals surface area contributed by atoms with Crippen LogP contribution in [0.2, 0.25) is 15.1 Å². The summed E-state index contributed by atoms with van der Waals surface area (Å²) in [5.74, 6) is 0.00543. The molecule has 0 bridgehead atoms. The van der Waals surface area contributed by atoms with Gasteiger partial charge in [0.1, 0.15) is 0 Å². The Hall–Kier alpha value is -6.39. The van der Waals surface area contributed by atoms with Crippen LogP contribution in [0.1, 0.15) is 0 Å². The third-order valence-corrected chi connectivity index (χ3v) is 10.7. The molecule has 0 aliphatic rings. The molecule has 4 heterocycles. The molecule has 0 saturated heterocycles. The van der Waals surface area contributed by atoms with Crippen LogP contribution in [0.4, 0.5) is 0 Å². The highest BCUT2D eigenvalue weighted by Gasteiger charge is 2.25. The van der Waals surface area contributed by atoms with Gasteiger partial charge in [0, 0.05) is 32.7 Å². The number of nitrogens with one attached hydrogen (secondary N) is 3. The number of fused-ring (bicyclic) bond motifs is 6. The van der Waals surface area contributed by atoms with E-state index in [0.29, 0.717) is 49.3 Å². The summed E-state index contributed by atoms with van der Waals surface area (Å²) in [6, 6.07) is 31.6. The quantitative estimate of drug-likeness (QED) is 0.153. The largest absolute Gasteiger partial charge is 0.354 e. The minimum Gasteiger partial charge on any atom is -0.354 e. The fourth-order valence-corrected chi connectivity index (χ4v) is 8.05. The van der Waals surface area contributed by atoms with Gasteiger partial charge in [-0.15, -0.1) is 0 Å². The predicted molar refractivity (Wildman–Crippen MR) is 218 cm³/mol. The van der Waals surface area contributed by atoms with E-state index in [0.717, 1.165) is 0 Å². The Balaban J connectivity index is 1.38. The van der Waals surface area contributed by atoms with Crippen molar-refractivity contribution in [3.8, 4) is 34.2 Å². The summed E-state index contributed by atoms with van der Waals surface area (Å²) in [5, 5.41) is 2.60. The number of aromatic nitrogens is 6. The van der Waals surface area contributed by atoms with Gasteiger partial charge in [-0.05, 0) is 72.8 Å². The Morgan fingerprint density at radius 3 is 0.926 bits per heavy atom. The van der Waals surface area contributed by atoms with Crippen LogP contribution in [0.15, 0.2) is 124 Å². The van der Waals surface area contributed by atoms with E-state index in [2.05, 4.69) is 15.0 Å². The Kier molecular flexibility index (Phi) is 7.22. The molecule has 4 aromatic heterocycles. The molecule has 6 aromatic carbocycles. The Morgan fingerprint density at radius 1 is 0.352 bits per heavy atom. The zero-order valence-electron chi connectivity index (χ0n) is 27.6. The average Bonchev–Trinajstić information content (AvgIpc) is 3.18. The summed E-state index contributed by atoms with van der Waals surface area (Å²) in [6.45, 7) is 0. The van der Waals surface area contributed by atoms with Crippen LogP contribution < -0.4 is 16.3 Å². The molecule has 0 radical (unpaired) electrons. The first-order valence-electron chi connectivity index (χ1n) is 16.7. The van der Waals surface area contributed by atoms with Crippen molar-refractivity contribution in [1.29, 1.82) is 0 Å². The molecular weight excluding hydrogens is 743 g/mol. The molecule has 0 amide bonds. The molecule has 0 aliphatic heterocycles. The van der Waals surface area contributed by atoms with Crippen LogP contribution >= 0.6 is 34.8 Å². The maximum Gasteiger partial charge on any atom is 0.198 e. The lowest BCUT2D eigenvalue weighted by molar-refractivity contribution is 1.08. The Bertz CT molecular complexity index is 3090. The molecular formula is C42H21Cl3N6O3. The second-order valence-electron chi connectivity index (χ2n) is 12.8. The van der Waals surface area contributed by atoms with Gasteiger partial charge in [0.15, 0.2) is 33.8 Å². The van der Waals surface area contributed by atoms with E-state index in [1.807, 2.05) is 36.4 Å². The van der Waals surface area contributed by atoms with E-state index in [1.54, 1.807) is 72.8 Å². The number of hydrogen-bond acceptors (Lipinski definition) is 6. The van der Waals surface area contributed by atoms with Gasteiger partial charge in [-0.3, -0.25) is 14.4 Å². The number of hydrogen-bond donors (Lipinski definition) is 3. The first-order chi connectivity index (χ1) is 26.3. The highest BCUT2D eigenvalue weighted by atomic mass is 35.5. The normalized spacial score (nSPS) is 11.8. The first-order valence-corrected chi connectivity index (χ1v) is 17.9. The third-order valence-electron chi connectivity index (χ3n) is 9.77. The van der Waals surface area contributed by atoms with Gasteiger partial charge in [-0.1, -0.05) is 71.2 Å². The third kappa shape index (κ3) is 4.79. The minimum absolute atomic E-state index is 0.00181. The van der Waals surface area contributed by atoms with Crippen molar-refractivity contribution in [2.24, 2.45) is 0 Å². The van der Waals surface area contributed by atoms with Gasteiger partial charge in [-0.2, -0.15) is 0 Å².